The first kappa shape index (κ1) is 17.9. The van der Waals surface area contributed by atoms with Crippen molar-refractivity contribution in [2.24, 2.45) is 5.92 Å². The van der Waals surface area contributed by atoms with Crippen molar-refractivity contribution in [3.63, 3.8) is 0 Å². The second-order valence-corrected chi connectivity index (χ2v) is 8.16. The molecule has 1 aromatic carbocycles. The van der Waals surface area contributed by atoms with Gasteiger partial charge < -0.3 is 15.1 Å². The highest BCUT2D eigenvalue weighted by molar-refractivity contribution is 5.14. The second-order valence-electron chi connectivity index (χ2n) is 8.16. The molecule has 1 atom stereocenters. The van der Waals surface area contributed by atoms with E-state index < -0.39 is 0 Å². The lowest BCUT2D eigenvalue weighted by molar-refractivity contribution is 0.174. The third-order valence-corrected chi connectivity index (χ3v) is 5.51. The molecule has 2 heterocycles. The summed E-state index contributed by atoms with van der Waals surface area (Å²) in [5.74, 6) is 0.794. The van der Waals surface area contributed by atoms with Gasteiger partial charge in [-0.1, -0.05) is 44.2 Å². The number of hydrogen-bond acceptors (Lipinski definition) is 3. The Morgan fingerprint density at radius 1 is 0.958 bits per heavy atom. The van der Waals surface area contributed by atoms with Crippen molar-refractivity contribution < 1.29 is 0 Å². The molecular weight excluding hydrogens is 294 g/mol. The van der Waals surface area contributed by atoms with Gasteiger partial charge in [0, 0.05) is 31.7 Å². The molecule has 0 spiro atoms. The molecule has 2 aliphatic heterocycles. The van der Waals surface area contributed by atoms with Crippen molar-refractivity contribution in [1.82, 2.24) is 15.1 Å². The van der Waals surface area contributed by atoms with Gasteiger partial charge in [-0.05, 0) is 56.8 Å². The number of piperidine rings is 1. The third kappa shape index (κ3) is 5.58. The zero-order valence-corrected chi connectivity index (χ0v) is 15.6. The van der Waals surface area contributed by atoms with Crippen LogP contribution in [0.3, 0.4) is 0 Å². The molecule has 3 rings (SSSR count). The molecule has 1 N–H and O–H groups in total. The van der Waals surface area contributed by atoms with E-state index in [4.69, 9.17) is 0 Å². The predicted octanol–water partition coefficient (Wildman–Crippen LogP) is 3.01. The van der Waals surface area contributed by atoms with Crippen LogP contribution in [0, 0.1) is 5.92 Å². The van der Waals surface area contributed by atoms with Gasteiger partial charge in [0.15, 0.2) is 0 Å². The minimum absolute atomic E-state index is 0.711. The van der Waals surface area contributed by atoms with E-state index in [-0.39, 0.29) is 0 Å². The fourth-order valence-electron chi connectivity index (χ4n) is 4.24. The summed E-state index contributed by atoms with van der Waals surface area (Å²) in [5, 5.41) is 3.95. The number of rotatable bonds is 7. The van der Waals surface area contributed by atoms with E-state index in [1.54, 1.807) is 0 Å². The topological polar surface area (TPSA) is 18.5 Å². The van der Waals surface area contributed by atoms with Gasteiger partial charge in [0.25, 0.3) is 0 Å². The number of hydrogen-bond donors (Lipinski definition) is 1. The Hall–Kier alpha value is -0.900. The van der Waals surface area contributed by atoms with Crippen molar-refractivity contribution in [3.8, 4) is 0 Å². The smallest absolute Gasteiger partial charge is 0.0209 e. The van der Waals surface area contributed by atoms with Crippen LogP contribution in [0.15, 0.2) is 30.3 Å². The summed E-state index contributed by atoms with van der Waals surface area (Å²) in [6.07, 6.45) is 5.16. The van der Waals surface area contributed by atoms with Gasteiger partial charge in [-0.25, -0.2) is 0 Å². The summed E-state index contributed by atoms with van der Waals surface area (Å²) in [5.41, 5.74) is 1.46. The minimum Gasteiger partial charge on any atom is -0.310 e. The van der Waals surface area contributed by atoms with Crippen LogP contribution in [0.1, 0.15) is 38.7 Å². The molecular formula is C21H35N3. The maximum Gasteiger partial charge on any atom is 0.0209 e. The molecule has 2 fully saturated rings. The summed E-state index contributed by atoms with van der Waals surface area (Å²) < 4.78 is 0. The van der Waals surface area contributed by atoms with Gasteiger partial charge in [0.2, 0.25) is 0 Å². The highest BCUT2D eigenvalue weighted by Crippen LogP contribution is 2.16. The Labute approximate surface area is 148 Å². The molecule has 3 nitrogen and oxygen atoms in total. The van der Waals surface area contributed by atoms with Crippen molar-refractivity contribution in [3.05, 3.63) is 35.9 Å². The second kappa shape index (κ2) is 8.98. The summed E-state index contributed by atoms with van der Waals surface area (Å²) in [6.45, 7) is 12.2. The van der Waals surface area contributed by atoms with Gasteiger partial charge >= 0.3 is 0 Å². The first-order valence-corrected chi connectivity index (χ1v) is 9.93. The minimum atomic E-state index is 0.711. The molecule has 0 aliphatic carbocycles. The summed E-state index contributed by atoms with van der Waals surface area (Å²) >= 11 is 0. The molecule has 0 aromatic heterocycles. The van der Waals surface area contributed by atoms with Crippen molar-refractivity contribution >= 4 is 0 Å². The van der Waals surface area contributed by atoms with Crippen LogP contribution in [0.25, 0.3) is 0 Å². The lowest BCUT2D eigenvalue weighted by Gasteiger charge is -2.34. The van der Waals surface area contributed by atoms with Crippen LogP contribution in [-0.4, -0.2) is 61.2 Å². The quantitative estimate of drug-likeness (QED) is 0.829. The first-order valence-electron chi connectivity index (χ1n) is 9.93. The average molecular weight is 330 g/mol. The molecule has 0 amide bonds. The summed E-state index contributed by atoms with van der Waals surface area (Å²) in [6, 6.07) is 12.3. The maximum atomic E-state index is 3.95. The first-order chi connectivity index (χ1) is 11.7. The zero-order valence-electron chi connectivity index (χ0n) is 15.6. The van der Waals surface area contributed by atoms with E-state index in [1.807, 2.05) is 0 Å². The predicted molar refractivity (Wildman–Crippen MR) is 102 cm³/mol. The van der Waals surface area contributed by atoms with E-state index in [1.165, 1.54) is 70.5 Å². The highest BCUT2D eigenvalue weighted by Gasteiger charge is 2.26. The molecule has 0 saturated carbocycles. The van der Waals surface area contributed by atoms with E-state index >= 15 is 0 Å². The van der Waals surface area contributed by atoms with Crippen LogP contribution in [-0.2, 0) is 6.42 Å². The number of benzene rings is 1. The van der Waals surface area contributed by atoms with Crippen LogP contribution in [0.2, 0.25) is 0 Å². The Bertz CT molecular complexity index is 465. The molecule has 1 unspecified atom stereocenters. The fraction of sp³-hybridized carbons (Fsp3) is 0.714. The third-order valence-electron chi connectivity index (χ3n) is 5.51. The van der Waals surface area contributed by atoms with Gasteiger partial charge in [-0.15, -0.1) is 0 Å². The van der Waals surface area contributed by atoms with Crippen LogP contribution in [0.4, 0.5) is 0 Å². The normalized spacial score (nSPS) is 24.0. The highest BCUT2D eigenvalue weighted by atomic mass is 15.2. The molecule has 3 heteroatoms. The van der Waals surface area contributed by atoms with Crippen LogP contribution < -0.4 is 5.32 Å². The van der Waals surface area contributed by atoms with Gasteiger partial charge in [0.1, 0.15) is 0 Å². The molecule has 1 aromatic rings. The molecule has 24 heavy (non-hydrogen) atoms. The number of likely N-dealkylation sites (tertiary alicyclic amines) is 2. The Kier molecular flexibility index (Phi) is 6.70. The van der Waals surface area contributed by atoms with E-state index in [0.717, 1.165) is 12.0 Å². The van der Waals surface area contributed by atoms with Crippen molar-refractivity contribution in [2.75, 3.05) is 39.3 Å². The largest absolute Gasteiger partial charge is 0.310 e. The number of nitrogens with one attached hydrogen (secondary N) is 1. The lowest BCUT2D eigenvalue weighted by atomic mass is 10.0. The molecule has 2 saturated heterocycles. The van der Waals surface area contributed by atoms with Gasteiger partial charge in [-0.3, -0.25) is 0 Å². The van der Waals surface area contributed by atoms with E-state index in [9.17, 15) is 0 Å². The lowest BCUT2D eigenvalue weighted by Crippen LogP contribution is -2.47. The zero-order chi connectivity index (χ0) is 16.8. The van der Waals surface area contributed by atoms with E-state index in [2.05, 4.69) is 59.3 Å². The Morgan fingerprint density at radius 2 is 1.62 bits per heavy atom. The molecule has 0 radical (unpaired) electrons. The average Bonchev–Trinajstić information content (AvgIpc) is 3.03. The standard InChI is InChI=1S/C21H35N3/c1-18(2)16-23-13-9-20(10-14-23)22-21-11-15-24(17-21)12-8-19-6-4-3-5-7-19/h3-7,18,20-22H,8-17H2,1-2H3. The Morgan fingerprint density at radius 3 is 2.33 bits per heavy atom. The van der Waals surface area contributed by atoms with Gasteiger partial charge in [-0.2, -0.15) is 0 Å². The fourth-order valence-corrected chi connectivity index (χ4v) is 4.24. The molecule has 0 bridgehead atoms. The van der Waals surface area contributed by atoms with Gasteiger partial charge in [0.05, 0.1) is 0 Å². The van der Waals surface area contributed by atoms with Crippen molar-refractivity contribution in [1.29, 1.82) is 0 Å². The Balaban J connectivity index is 1.33. The number of nitrogens with zero attached hydrogens (tertiary/aromatic N) is 2. The summed E-state index contributed by atoms with van der Waals surface area (Å²) in [7, 11) is 0. The summed E-state index contributed by atoms with van der Waals surface area (Å²) in [4.78, 5) is 5.28. The monoisotopic (exact) mass is 329 g/mol. The van der Waals surface area contributed by atoms with E-state index in [0.29, 0.717) is 6.04 Å². The SMILES string of the molecule is CC(C)CN1CCC(NC2CCN(CCc3ccccc3)C2)CC1. The van der Waals surface area contributed by atoms with Crippen LogP contribution >= 0.6 is 0 Å². The molecule has 2 aliphatic rings. The molecule has 134 valence electrons. The van der Waals surface area contributed by atoms with Crippen molar-refractivity contribution in [2.45, 2.75) is 51.6 Å². The van der Waals surface area contributed by atoms with Crippen LogP contribution in [0.5, 0.6) is 0 Å². The maximum absolute atomic E-state index is 3.95.